The second-order valence-corrected chi connectivity index (χ2v) is 10.8. The summed E-state index contributed by atoms with van der Waals surface area (Å²) in [7, 11) is 0. The van der Waals surface area contributed by atoms with Gasteiger partial charge in [-0.15, -0.1) is 23.5 Å². The summed E-state index contributed by atoms with van der Waals surface area (Å²) < 4.78 is 0.523. The fourth-order valence-corrected chi connectivity index (χ4v) is 9.47. The van der Waals surface area contributed by atoms with E-state index < -0.39 is 0 Å². The quantitative estimate of drug-likeness (QED) is 0.643. The molecule has 1 saturated carbocycles. The largest absolute Gasteiger partial charge is 0.293 e. The fraction of sp³-hybridized carbons (Fsp3) is 0.700. The maximum atomic E-state index is 2.94. The molecule has 1 aromatic carbocycles. The van der Waals surface area contributed by atoms with Crippen molar-refractivity contribution in [1.29, 1.82) is 0 Å². The summed E-state index contributed by atoms with van der Waals surface area (Å²) in [5.74, 6) is 3.72. The average Bonchev–Trinajstić information content (AvgIpc) is 2.63. The maximum Gasteiger partial charge on any atom is 0.0672 e. The van der Waals surface area contributed by atoms with E-state index in [1.807, 2.05) is 0 Å². The highest BCUT2D eigenvalue weighted by Crippen LogP contribution is 2.61. The molecule has 0 aromatic heterocycles. The Morgan fingerprint density at radius 2 is 1.83 bits per heavy atom. The van der Waals surface area contributed by atoms with Gasteiger partial charge in [-0.05, 0) is 60.7 Å². The van der Waals surface area contributed by atoms with Crippen LogP contribution in [0, 0.1) is 5.92 Å². The van der Waals surface area contributed by atoms with Crippen LogP contribution in [-0.4, -0.2) is 33.1 Å². The van der Waals surface area contributed by atoms with Crippen LogP contribution in [0.4, 0.5) is 0 Å². The third-order valence-corrected chi connectivity index (χ3v) is 10.2. The number of hydrogen-bond donors (Lipinski definition) is 0. The number of rotatable bonds is 0. The molecule has 0 amide bonds. The number of hydrogen-bond acceptors (Lipinski definition) is 3. The van der Waals surface area contributed by atoms with Crippen LogP contribution in [0.1, 0.15) is 55.7 Å². The Labute approximate surface area is 149 Å². The van der Waals surface area contributed by atoms with Crippen molar-refractivity contribution < 1.29 is 0 Å². The molecule has 3 heterocycles. The second-order valence-electron chi connectivity index (χ2n) is 7.73. The van der Waals surface area contributed by atoms with E-state index in [-0.39, 0.29) is 0 Å². The van der Waals surface area contributed by atoms with Crippen LogP contribution in [0.25, 0.3) is 0 Å². The summed E-state index contributed by atoms with van der Waals surface area (Å²) in [6, 6.07) is 10.9. The highest BCUT2D eigenvalue weighted by Gasteiger charge is 2.54. The van der Waals surface area contributed by atoms with E-state index in [0.29, 0.717) is 10.1 Å². The van der Waals surface area contributed by atoms with Gasteiger partial charge in [-0.1, -0.05) is 37.1 Å². The van der Waals surface area contributed by atoms with Crippen molar-refractivity contribution in [2.75, 3.05) is 18.1 Å². The second kappa shape index (κ2) is 6.00. The van der Waals surface area contributed by atoms with E-state index in [1.165, 1.54) is 63.0 Å². The smallest absolute Gasteiger partial charge is 0.0672 e. The van der Waals surface area contributed by atoms with Gasteiger partial charge in [0.05, 0.1) is 4.08 Å². The Hall–Kier alpha value is -0.120. The van der Waals surface area contributed by atoms with E-state index in [1.54, 1.807) is 11.1 Å². The molecule has 1 aromatic rings. The Kier molecular flexibility index (Phi) is 3.95. The van der Waals surface area contributed by atoms with Gasteiger partial charge in [0.15, 0.2) is 0 Å². The summed E-state index contributed by atoms with van der Waals surface area (Å²) >= 11 is 4.68. The molecule has 5 rings (SSSR count). The predicted molar refractivity (Wildman–Crippen MR) is 102 cm³/mol. The van der Waals surface area contributed by atoms with E-state index >= 15 is 0 Å². The number of benzene rings is 1. The molecule has 0 N–H and O–H groups in total. The van der Waals surface area contributed by atoms with Gasteiger partial charge in [0, 0.05) is 18.6 Å². The average molecular weight is 346 g/mol. The van der Waals surface area contributed by atoms with Gasteiger partial charge in [0.1, 0.15) is 0 Å². The zero-order valence-corrected chi connectivity index (χ0v) is 15.5. The van der Waals surface area contributed by atoms with Crippen molar-refractivity contribution in [2.45, 2.75) is 61.1 Å². The predicted octanol–water partition coefficient (Wildman–Crippen LogP) is 5.11. The molecule has 3 unspecified atom stereocenters. The molecule has 3 atom stereocenters. The van der Waals surface area contributed by atoms with Crippen LogP contribution < -0.4 is 0 Å². The first-order valence-electron chi connectivity index (χ1n) is 9.49. The van der Waals surface area contributed by atoms with Gasteiger partial charge in [-0.3, -0.25) is 4.90 Å². The first kappa shape index (κ1) is 15.2. The first-order chi connectivity index (χ1) is 11.4. The number of thioether (sulfide) groups is 2. The van der Waals surface area contributed by atoms with Crippen LogP contribution >= 0.6 is 23.5 Å². The van der Waals surface area contributed by atoms with Crippen molar-refractivity contribution in [2.24, 2.45) is 5.92 Å². The van der Waals surface area contributed by atoms with Crippen LogP contribution in [0.5, 0.6) is 0 Å². The normalized spacial score (nSPS) is 36.1. The lowest BCUT2D eigenvalue weighted by Gasteiger charge is -2.59. The van der Waals surface area contributed by atoms with Gasteiger partial charge in [-0.25, -0.2) is 0 Å². The highest BCUT2D eigenvalue weighted by atomic mass is 32.2. The highest BCUT2D eigenvalue weighted by molar-refractivity contribution is 8.18. The van der Waals surface area contributed by atoms with Crippen LogP contribution in [0.2, 0.25) is 0 Å². The molecule has 0 radical (unpaired) electrons. The molecule has 2 saturated heterocycles. The minimum Gasteiger partial charge on any atom is -0.293 e. The molecule has 3 aliphatic heterocycles. The summed E-state index contributed by atoms with van der Waals surface area (Å²) in [5.41, 5.74) is 3.29. The Balaban J connectivity index is 1.56. The van der Waals surface area contributed by atoms with E-state index in [9.17, 15) is 0 Å². The lowest BCUT2D eigenvalue weighted by Crippen LogP contribution is -2.59. The van der Waals surface area contributed by atoms with Crippen molar-refractivity contribution in [1.82, 2.24) is 4.90 Å². The summed E-state index contributed by atoms with van der Waals surface area (Å²) in [4.78, 5) is 2.94. The molecule has 1 nitrogen and oxygen atoms in total. The maximum absolute atomic E-state index is 2.94. The molecule has 0 bridgehead atoms. The summed E-state index contributed by atoms with van der Waals surface area (Å²) in [6.45, 7) is 1.30. The molecule has 1 aliphatic carbocycles. The van der Waals surface area contributed by atoms with E-state index in [2.05, 4.69) is 52.7 Å². The SMILES string of the molecule is c1ccc2c(c1)CCN1C2CC2(SCCCS2)C2CCCCC21. The molecule has 3 heteroatoms. The minimum atomic E-state index is 0.523. The number of nitrogens with zero attached hydrogens (tertiary/aromatic N) is 1. The molecule has 4 aliphatic rings. The molecule has 124 valence electrons. The summed E-state index contributed by atoms with van der Waals surface area (Å²) in [6.07, 6.45) is 9.93. The monoisotopic (exact) mass is 345 g/mol. The van der Waals surface area contributed by atoms with Gasteiger partial charge in [0.2, 0.25) is 0 Å². The lowest BCUT2D eigenvalue weighted by molar-refractivity contribution is 0.00552. The molecular formula is C20H27NS2. The Bertz CT molecular complexity index is 581. The van der Waals surface area contributed by atoms with Crippen LogP contribution in [0.15, 0.2) is 24.3 Å². The van der Waals surface area contributed by atoms with Crippen LogP contribution in [-0.2, 0) is 6.42 Å². The van der Waals surface area contributed by atoms with Crippen molar-refractivity contribution in [3.63, 3.8) is 0 Å². The van der Waals surface area contributed by atoms with E-state index in [4.69, 9.17) is 0 Å². The van der Waals surface area contributed by atoms with Gasteiger partial charge in [-0.2, -0.15) is 0 Å². The zero-order chi connectivity index (χ0) is 15.3. The van der Waals surface area contributed by atoms with Crippen molar-refractivity contribution in [3.05, 3.63) is 35.4 Å². The standard InChI is InChI=1S/C20H27NS2/c1-2-7-16-15(6-1)10-11-21-18-9-4-3-8-17(18)20(14-19(16)21)22-12-5-13-23-20/h1-2,6-7,17-19H,3-5,8-14H2. The third-order valence-electron chi connectivity index (χ3n) is 6.63. The first-order valence-corrected chi connectivity index (χ1v) is 11.5. The summed E-state index contributed by atoms with van der Waals surface area (Å²) in [5, 5.41) is 0. The topological polar surface area (TPSA) is 3.24 Å². The Morgan fingerprint density at radius 3 is 2.74 bits per heavy atom. The third kappa shape index (κ3) is 2.41. The minimum absolute atomic E-state index is 0.523. The zero-order valence-electron chi connectivity index (χ0n) is 13.9. The van der Waals surface area contributed by atoms with Crippen molar-refractivity contribution in [3.8, 4) is 0 Å². The molecular weight excluding hydrogens is 318 g/mol. The number of piperidine rings is 1. The fourth-order valence-electron chi connectivity index (χ4n) is 5.66. The number of fused-ring (bicyclic) bond motifs is 6. The van der Waals surface area contributed by atoms with Gasteiger partial charge >= 0.3 is 0 Å². The van der Waals surface area contributed by atoms with Gasteiger partial charge in [0.25, 0.3) is 0 Å². The Morgan fingerprint density at radius 1 is 1.00 bits per heavy atom. The van der Waals surface area contributed by atoms with E-state index in [0.717, 1.165) is 12.0 Å². The lowest BCUT2D eigenvalue weighted by atomic mass is 9.72. The van der Waals surface area contributed by atoms with Gasteiger partial charge < -0.3 is 0 Å². The molecule has 23 heavy (non-hydrogen) atoms. The van der Waals surface area contributed by atoms with Crippen molar-refractivity contribution >= 4 is 23.5 Å². The molecule has 1 spiro atoms. The molecule has 3 fully saturated rings. The van der Waals surface area contributed by atoms with Crippen LogP contribution in [0.3, 0.4) is 0 Å².